The molecule has 0 aromatic carbocycles. The molecular weight excluding hydrogens is 262 g/mol. The molecule has 0 aliphatic heterocycles. The average molecular weight is 289 g/mol. The fourth-order valence-electron chi connectivity index (χ4n) is 1.65. The number of amides is 1. The summed E-state index contributed by atoms with van der Waals surface area (Å²) in [6.45, 7) is 5.45. The highest BCUT2D eigenvalue weighted by Gasteiger charge is 2.24. The Hall–Kier alpha value is -1.30. The van der Waals surface area contributed by atoms with Crippen LogP contribution in [0.15, 0.2) is 0 Å². The number of aliphatic hydroxyl groups is 1. The Bertz CT molecular complexity index is 298. The molecular formula is C14H27NO5. The molecule has 1 unspecified atom stereocenters. The normalized spacial score (nSPS) is 12.7. The summed E-state index contributed by atoms with van der Waals surface area (Å²) in [7, 11) is 1.29. The quantitative estimate of drug-likeness (QED) is 0.527. The van der Waals surface area contributed by atoms with Crippen molar-refractivity contribution in [2.75, 3.05) is 13.7 Å². The lowest BCUT2D eigenvalue weighted by Gasteiger charge is -2.22. The summed E-state index contributed by atoms with van der Waals surface area (Å²) in [5.41, 5.74) is -0.605. The minimum absolute atomic E-state index is 0.177. The zero-order chi connectivity index (χ0) is 15.6. The van der Waals surface area contributed by atoms with Crippen LogP contribution in [0.1, 0.15) is 52.9 Å². The molecule has 0 radical (unpaired) electrons. The number of nitrogens with one attached hydrogen (secondary N) is 1. The number of unbranched alkanes of at least 4 members (excludes halogenated alkanes) is 3. The van der Waals surface area contributed by atoms with Crippen molar-refractivity contribution in [2.45, 2.75) is 64.5 Å². The number of aliphatic hydroxyl groups excluding tert-OH is 1. The van der Waals surface area contributed by atoms with E-state index in [-0.39, 0.29) is 6.61 Å². The van der Waals surface area contributed by atoms with Gasteiger partial charge in [-0.15, -0.1) is 0 Å². The molecule has 1 atom stereocenters. The monoisotopic (exact) mass is 289 g/mol. The Morgan fingerprint density at radius 1 is 1.15 bits per heavy atom. The lowest BCUT2D eigenvalue weighted by Crippen LogP contribution is -2.44. The number of methoxy groups -OCH3 is 1. The minimum Gasteiger partial charge on any atom is -0.467 e. The first-order chi connectivity index (χ1) is 9.30. The average Bonchev–Trinajstić information content (AvgIpc) is 2.34. The third kappa shape index (κ3) is 9.61. The van der Waals surface area contributed by atoms with Gasteiger partial charge in [-0.2, -0.15) is 0 Å². The van der Waals surface area contributed by atoms with Gasteiger partial charge in [0.1, 0.15) is 11.6 Å². The van der Waals surface area contributed by atoms with Crippen LogP contribution in [0.4, 0.5) is 4.79 Å². The number of carbonyl (C=O) groups is 2. The van der Waals surface area contributed by atoms with Gasteiger partial charge in [-0.05, 0) is 33.6 Å². The number of alkyl carbamates (subject to hydrolysis) is 1. The standard InChI is InChI=1S/C14H27NO5/c1-14(2,3)20-13(18)15-11(12(17)19-4)9-7-5-6-8-10-16/h11,16H,5-10H2,1-4H3,(H,15,18). The molecule has 20 heavy (non-hydrogen) atoms. The summed E-state index contributed by atoms with van der Waals surface area (Å²) in [5, 5.41) is 11.2. The molecule has 118 valence electrons. The van der Waals surface area contributed by atoms with Crippen LogP contribution in [-0.4, -0.2) is 42.5 Å². The van der Waals surface area contributed by atoms with Crippen molar-refractivity contribution in [3.05, 3.63) is 0 Å². The van der Waals surface area contributed by atoms with Crippen LogP contribution in [0.3, 0.4) is 0 Å². The maximum absolute atomic E-state index is 11.7. The van der Waals surface area contributed by atoms with E-state index in [1.165, 1.54) is 7.11 Å². The summed E-state index contributed by atoms with van der Waals surface area (Å²) < 4.78 is 9.79. The number of hydrogen-bond donors (Lipinski definition) is 2. The Balaban J connectivity index is 4.22. The van der Waals surface area contributed by atoms with Crippen molar-refractivity contribution < 1.29 is 24.2 Å². The summed E-state index contributed by atoms with van der Waals surface area (Å²) in [5.74, 6) is -0.474. The molecule has 0 aliphatic rings. The van der Waals surface area contributed by atoms with Crippen LogP contribution in [0, 0.1) is 0 Å². The highest BCUT2D eigenvalue weighted by molar-refractivity contribution is 5.81. The van der Waals surface area contributed by atoms with Crippen molar-refractivity contribution in [3.63, 3.8) is 0 Å². The van der Waals surface area contributed by atoms with Crippen LogP contribution < -0.4 is 5.32 Å². The Kier molecular flexibility index (Phi) is 8.96. The maximum Gasteiger partial charge on any atom is 0.408 e. The molecule has 0 bridgehead atoms. The lowest BCUT2D eigenvalue weighted by atomic mass is 10.1. The third-order valence-electron chi connectivity index (χ3n) is 2.58. The highest BCUT2D eigenvalue weighted by Crippen LogP contribution is 2.10. The Morgan fingerprint density at radius 3 is 2.25 bits per heavy atom. The molecule has 0 aromatic rings. The van der Waals surface area contributed by atoms with E-state index < -0.39 is 23.7 Å². The van der Waals surface area contributed by atoms with Gasteiger partial charge in [0.2, 0.25) is 0 Å². The SMILES string of the molecule is COC(=O)C(CCCCCCO)NC(=O)OC(C)(C)C. The second-order valence-electron chi connectivity index (χ2n) is 5.65. The van der Waals surface area contributed by atoms with Crippen molar-refractivity contribution in [3.8, 4) is 0 Å². The zero-order valence-electron chi connectivity index (χ0n) is 12.9. The maximum atomic E-state index is 11.7. The minimum atomic E-state index is -0.691. The zero-order valence-corrected chi connectivity index (χ0v) is 12.9. The Morgan fingerprint density at radius 2 is 1.75 bits per heavy atom. The van der Waals surface area contributed by atoms with E-state index in [2.05, 4.69) is 10.1 Å². The molecule has 6 heteroatoms. The number of hydrogen-bond acceptors (Lipinski definition) is 5. The lowest BCUT2D eigenvalue weighted by molar-refractivity contribution is -0.143. The number of rotatable bonds is 8. The van der Waals surface area contributed by atoms with Gasteiger partial charge in [-0.3, -0.25) is 0 Å². The smallest absolute Gasteiger partial charge is 0.408 e. The molecule has 0 rings (SSSR count). The van der Waals surface area contributed by atoms with Crippen LogP contribution >= 0.6 is 0 Å². The van der Waals surface area contributed by atoms with E-state index in [1.807, 2.05) is 0 Å². The molecule has 6 nitrogen and oxygen atoms in total. The summed E-state index contributed by atoms with van der Waals surface area (Å²) in [6.07, 6.45) is 3.19. The number of ether oxygens (including phenoxy) is 2. The van der Waals surface area contributed by atoms with E-state index in [1.54, 1.807) is 20.8 Å². The molecule has 0 saturated carbocycles. The van der Waals surface area contributed by atoms with Crippen molar-refractivity contribution in [1.82, 2.24) is 5.32 Å². The van der Waals surface area contributed by atoms with Gasteiger partial charge in [-0.1, -0.05) is 19.3 Å². The molecule has 0 saturated heterocycles. The van der Waals surface area contributed by atoms with Gasteiger partial charge in [0.15, 0.2) is 0 Å². The van der Waals surface area contributed by atoms with Gasteiger partial charge in [-0.25, -0.2) is 9.59 Å². The first-order valence-electron chi connectivity index (χ1n) is 6.98. The van der Waals surface area contributed by atoms with E-state index in [0.29, 0.717) is 6.42 Å². The van der Waals surface area contributed by atoms with Gasteiger partial charge in [0, 0.05) is 6.61 Å². The van der Waals surface area contributed by atoms with E-state index in [0.717, 1.165) is 25.7 Å². The molecule has 0 aliphatic carbocycles. The molecule has 2 N–H and O–H groups in total. The van der Waals surface area contributed by atoms with E-state index in [4.69, 9.17) is 9.84 Å². The first kappa shape index (κ1) is 18.7. The van der Waals surface area contributed by atoms with Gasteiger partial charge in [0.25, 0.3) is 0 Å². The van der Waals surface area contributed by atoms with Crippen LogP contribution in [0.2, 0.25) is 0 Å². The molecule has 1 amide bonds. The van der Waals surface area contributed by atoms with E-state index in [9.17, 15) is 9.59 Å². The van der Waals surface area contributed by atoms with Crippen molar-refractivity contribution in [1.29, 1.82) is 0 Å². The fourth-order valence-corrected chi connectivity index (χ4v) is 1.65. The summed E-state index contributed by atoms with van der Waals surface area (Å²) in [4.78, 5) is 23.3. The van der Waals surface area contributed by atoms with Gasteiger partial charge < -0.3 is 19.9 Å². The first-order valence-corrected chi connectivity index (χ1v) is 6.98. The number of esters is 1. The summed E-state index contributed by atoms with van der Waals surface area (Å²) >= 11 is 0. The molecule has 0 aromatic heterocycles. The predicted molar refractivity (Wildman–Crippen MR) is 75.3 cm³/mol. The topological polar surface area (TPSA) is 84.9 Å². The summed E-state index contributed by atoms with van der Waals surface area (Å²) in [6, 6.07) is -0.691. The van der Waals surface area contributed by atoms with Crippen LogP contribution in [0.5, 0.6) is 0 Å². The molecule has 0 heterocycles. The second-order valence-corrected chi connectivity index (χ2v) is 5.65. The highest BCUT2D eigenvalue weighted by atomic mass is 16.6. The van der Waals surface area contributed by atoms with Gasteiger partial charge in [0.05, 0.1) is 7.11 Å². The predicted octanol–water partition coefficient (Wildman–Crippen LogP) is 2.00. The van der Waals surface area contributed by atoms with Crippen LogP contribution in [-0.2, 0) is 14.3 Å². The van der Waals surface area contributed by atoms with E-state index >= 15 is 0 Å². The Labute approximate surface area is 120 Å². The van der Waals surface area contributed by atoms with Crippen LogP contribution in [0.25, 0.3) is 0 Å². The largest absolute Gasteiger partial charge is 0.467 e. The second kappa shape index (κ2) is 9.58. The molecule has 0 fully saturated rings. The third-order valence-corrected chi connectivity index (χ3v) is 2.58. The van der Waals surface area contributed by atoms with Crippen molar-refractivity contribution in [2.24, 2.45) is 0 Å². The fraction of sp³-hybridized carbons (Fsp3) is 0.857. The van der Waals surface area contributed by atoms with Gasteiger partial charge >= 0.3 is 12.1 Å². The molecule has 0 spiro atoms. The number of carbonyl (C=O) groups excluding carboxylic acids is 2. The van der Waals surface area contributed by atoms with Crippen molar-refractivity contribution >= 4 is 12.1 Å².